The quantitative estimate of drug-likeness (QED) is 0.0944. The summed E-state index contributed by atoms with van der Waals surface area (Å²) >= 11 is 3.51. The monoisotopic (exact) mass is 516 g/mol. The summed E-state index contributed by atoms with van der Waals surface area (Å²) in [4.78, 5) is 0. The Bertz CT molecular complexity index is 696. The lowest BCUT2D eigenvalue weighted by molar-refractivity contribution is -0.697. The van der Waals surface area contributed by atoms with Crippen LogP contribution in [0.5, 0.6) is 0 Å². The number of pyridine rings is 2. The number of unbranched alkanes of at least 4 members (excludes halogenated alkanes) is 14. The molecule has 33 heavy (non-hydrogen) atoms. The fourth-order valence-corrected chi connectivity index (χ4v) is 4.87. The molecule has 0 atom stereocenters. The predicted octanol–water partition coefficient (Wildman–Crippen LogP) is 8.59. The molecule has 0 saturated carbocycles. The zero-order valence-corrected chi connectivity index (χ0v) is 22.9. The average molecular weight is 518 g/mol. The number of aryl methyl sites for hydroxylation is 2. The largest absolute Gasteiger partial charge is 0.205 e. The van der Waals surface area contributed by atoms with Crippen molar-refractivity contribution in [2.75, 3.05) is 5.33 Å². The van der Waals surface area contributed by atoms with Gasteiger partial charge in [0.25, 0.3) is 0 Å². The van der Waals surface area contributed by atoms with Gasteiger partial charge in [-0.1, -0.05) is 99.9 Å². The van der Waals surface area contributed by atoms with Gasteiger partial charge in [0.05, 0.1) is 0 Å². The second-order valence-corrected chi connectivity index (χ2v) is 10.4. The van der Waals surface area contributed by atoms with Gasteiger partial charge in [0, 0.05) is 42.4 Å². The Kier molecular flexibility index (Phi) is 16.2. The molecule has 0 unspecified atom stereocenters. The van der Waals surface area contributed by atoms with Crippen molar-refractivity contribution < 1.29 is 9.13 Å². The van der Waals surface area contributed by atoms with E-state index in [-0.39, 0.29) is 0 Å². The molecular formula is C30H49BrN2+2. The third-order valence-corrected chi connectivity index (χ3v) is 7.25. The summed E-state index contributed by atoms with van der Waals surface area (Å²) in [7, 11) is 0. The molecule has 0 aliphatic carbocycles. The van der Waals surface area contributed by atoms with Crippen LogP contribution in [-0.4, -0.2) is 5.33 Å². The lowest BCUT2D eigenvalue weighted by Crippen LogP contribution is -2.33. The topological polar surface area (TPSA) is 7.76 Å². The maximum absolute atomic E-state index is 3.51. The molecule has 0 saturated heterocycles. The average Bonchev–Trinajstić information content (AvgIpc) is 2.85. The molecule has 0 radical (unpaired) electrons. The first-order chi connectivity index (χ1) is 16.3. The van der Waals surface area contributed by atoms with Gasteiger partial charge in [-0.2, -0.15) is 0 Å². The highest BCUT2D eigenvalue weighted by Crippen LogP contribution is 2.16. The molecule has 2 aromatic rings. The van der Waals surface area contributed by atoms with Gasteiger partial charge in [0.2, 0.25) is 0 Å². The van der Waals surface area contributed by atoms with Crippen molar-refractivity contribution in [2.45, 2.75) is 123 Å². The van der Waals surface area contributed by atoms with E-state index in [4.69, 9.17) is 0 Å². The smallest absolute Gasteiger partial charge is 0.169 e. The van der Waals surface area contributed by atoms with E-state index < -0.39 is 0 Å². The van der Waals surface area contributed by atoms with Gasteiger partial charge in [-0.25, -0.2) is 9.13 Å². The summed E-state index contributed by atoms with van der Waals surface area (Å²) in [5.41, 5.74) is 2.61. The SMILES string of the molecule is CCCCCCCCCCCCCCCC[n+]1ccc(-c2cc[n+](CCCCBr)cc2)cc1. The van der Waals surface area contributed by atoms with E-state index >= 15 is 0 Å². The van der Waals surface area contributed by atoms with Crippen LogP contribution in [0.25, 0.3) is 11.1 Å². The van der Waals surface area contributed by atoms with Crippen molar-refractivity contribution in [3.8, 4) is 11.1 Å². The Morgan fingerprint density at radius 3 is 1.18 bits per heavy atom. The van der Waals surface area contributed by atoms with E-state index in [9.17, 15) is 0 Å². The molecule has 0 spiro atoms. The number of alkyl halides is 1. The van der Waals surface area contributed by atoms with Gasteiger partial charge in [-0.05, 0) is 24.0 Å². The summed E-state index contributed by atoms with van der Waals surface area (Å²) in [6, 6.07) is 8.99. The minimum absolute atomic E-state index is 1.09. The van der Waals surface area contributed by atoms with Crippen LogP contribution in [0.1, 0.15) is 110 Å². The maximum Gasteiger partial charge on any atom is 0.169 e. The molecule has 0 aliphatic heterocycles. The van der Waals surface area contributed by atoms with E-state index in [0.717, 1.165) is 18.4 Å². The molecule has 0 fully saturated rings. The Hall–Kier alpha value is -1.22. The van der Waals surface area contributed by atoms with E-state index in [0.29, 0.717) is 0 Å². The van der Waals surface area contributed by atoms with Crippen molar-refractivity contribution in [3.63, 3.8) is 0 Å². The highest BCUT2D eigenvalue weighted by atomic mass is 79.9. The summed E-state index contributed by atoms with van der Waals surface area (Å²) in [5.74, 6) is 0. The van der Waals surface area contributed by atoms with Crippen molar-refractivity contribution >= 4 is 15.9 Å². The van der Waals surface area contributed by atoms with E-state index in [1.165, 1.54) is 114 Å². The molecule has 2 nitrogen and oxygen atoms in total. The molecule has 0 N–H and O–H groups in total. The molecule has 2 aromatic heterocycles. The van der Waals surface area contributed by atoms with Crippen LogP contribution in [0.2, 0.25) is 0 Å². The summed E-state index contributed by atoms with van der Waals surface area (Å²) in [5, 5.41) is 1.09. The Morgan fingerprint density at radius 1 is 0.485 bits per heavy atom. The fraction of sp³-hybridized carbons (Fsp3) is 0.667. The number of halogens is 1. The summed E-state index contributed by atoms with van der Waals surface area (Å²) in [6.45, 7) is 4.53. The van der Waals surface area contributed by atoms with Gasteiger partial charge in [0.1, 0.15) is 13.1 Å². The van der Waals surface area contributed by atoms with Crippen molar-refractivity contribution in [1.29, 1.82) is 0 Å². The summed E-state index contributed by atoms with van der Waals surface area (Å²) in [6.07, 6.45) is 31.2. The fourth-order valence-electron chi connectivity index (χ4n) is 4.48. The second-order valence-electron chi connectivity index (χ2n) is 9.64. The Balaban J connectivity index is 1.49. The molecule has 3 heteroatoms. The van der Waals surface area contributed by atoms with E-state index in [2.05, 4.69) is 81.0 Å². The Morgan fingerprint density at radius 2 is 0.818 bits per heavy atom. The van der Waals surface area contributed by atoms with E-state index in [1.807, 2.05) is 0 Å². The molecule has 0 aliphatic rings. The summed E-state index contributed by atoms with van der Waals surface area (Å²) < 4.78 is 4.62. The number of rotatable bonds is 20. The first-order valence-electron chi connectivity index (χ1n) is 13.9. The van der Waals surface area contributed by atoms with Crippen LogP contribution in [0, 0.1) is 0 Å². The first-order valence-corrected chi connectivity index (χ1v) is 15.0. The van der Waals surface area contributed by atoms with Crippen LogP contribution in [0.4, 0.5) is 0 Å². The minimum atomic E-state index is 1.09. The van der Waals surface area contributed by atoms with E-state index in [1.54, 1.807) is 0 Å². The molecular weight excluding hydrogens is 468 g/mol. The molecule has 2 heterocycles. The second kappa shape index (κ2) is 19.1. The Labute approximate surface area is 213 Å². The van der Waals surface area contributed by atoms with Crippen molar-refractivity contribution in [3.05, 3.63) is 49.1 Å². The number of nitrogens with zero attached hydrogens (tertiary/aromatic N) is 2. The third kappa shape index (κ3) is 13.3. The standard InChI is InChI=1S/C30H49BrN2/c1-2-3-4-5-6-7-8-9-10-11-12-13-14-16-23-32-25-18-29(19-26-32)30-20-27-33(28-21-30)24-17-15-22-31/h18-21,25-28H,2-17,22-24H2,1H3/q+2. The number of hydrogen-bond acceptors (Lipinski definition) is 0. The lowest BCUT2D eigenvalue weighted by Gasteiger charge is -2.03. The zero-order valence-electron chi connectivity index (χ0n) is 21.3. The van der Waals surface area contributed by atoms with Crippen LogP contribution < -0.4 is 9.13 Å². The minimum Gasteiger partial charge on any atom is -0.205 e. The van der Waals surface area contributed by atoms with Gasteiger partial charge >= 0.3 is 0 Å². The van der Waals surface area contributed by atoms with Gasteiger partial charge in [-0.3, -0.25) is 0 Å². The van der Waals surface area contributed by atoms with Crippen LogP contribution in [0.15, 0.2) is 49.1 Å². The van der Waals surface area contributed by atoms with Crippen molar-refractivity contribution in [1.82, 2.24) is 0 Å². The van der Waals surface area contributed by atoms with Gasteiger partial charge < -0.3 is 0 Å². The molecule has 2 rings (SSSR count). The molecule has 0 aromatic carbocycles. The lowest BCUT2D eigenvalue weighted by atomic mass is 10.0. The predicted molar refractivity (Wildman–Crippen MR) is 146 cm³/mol. The highest BCUT2D eigenvalue weighted by molar-refractivity contribution is 9.09. The maximum atomic E-state index is 3.51. The zero-order chi connectivity index (χ0) is 23.4. The van der Waals surface area contributed by atoms with Gasteiger partial charge in [0.15, 0.2) is 24.8 Å². The normalized spacial score (nSPS) is 11.2. The third-order valence-electron chi connectivity index (χ3n) is 6.69. The van der Waals surface area contributed by atoms with Crippen molar-refractivity contribution in [2.24, 2.45) is 0 Å². The van der Waals surface area contributed by atoms with Crippen LogP contribution in [-0.2, 0) is 13.1 Å². The number of aromatic nitrogens is 2. The molecule has 184 valence electrons. The molecule has 0 bridgehead atoms. The number of hydrogen-bond donors (Lipinski definition) is 0. The van der Waals surface area contributed by atoms with Gasteiger partial charge in [-0.15, -0.1) is 0 Å². The van der Waals surface area contributed by atoms with Crippen LogP contribution in [0.3, 0.4) is 0 Å². The van der Waals surface area contributed by atoms with Crippen LogP contribution >= 0.6 is 15.9 Å². The molecule has 0 amide bonds. The first kappa shape index (κ1) is 28.0. The highest BCUT2D eigenvalue weighted by Gasteiger charge is 2.06.